The summed E-state index contributed by atoms with van der Waals surface area (Å²) < 4.78 is 23.8. The van der Waals surface area contributed by atoms with Crippen LogP contribution in [0.4, 0.5) is 0 Å². The molecule has 0 radical (unpaired) electrons. The lowest BCUT2D eigenvalue weighted by Crippen LogP contribution is -2.45. The number of quaternary nitrogens is 1. The molecule has 0 aromatic carbocycles. The van der Waals surface area contributed by atoms with Crippen molar-refractivity contribution in [3.8, 4) is 0 Å². The first-order chi connectivity index (χ1) is 43.0. The number of carbonyl (C=O) groups excluding carboxylic acids is 1. The summed E-state index contributed by atoms with van der Waals surface area (Å²) in [7, 11) is 1.55. The maximum atomic E-state index is 13.1. The summed E-state index contributed by atoms with van der Waals surface area (Å²) in [6.07, 6.45) is 100. The number of hydrogen-bond acceptors (Lipinski definition) is 5. The Bertz CT molecular complexity index is 1760. The minimum absolute atomic E-state index is 0.0516. The van der Waals surface area contributed by atoms with E-state index in [9.17, 15) is 19.4 Å². The monoisotopic (exact) mass is 1250 g/mol. The van der Waals surface area contributed by atoms with Gasteiger partial charge in [0.1, 0.15) is 13.2 Å². The number of phosphoric ester groups is 1. The highest BCUT2D eigenvalue weighted by Gasteiger charge is 2.28. The second-order valence-electron chi connectivity index (χ2n) is 26.6. The van der Waals surface area contributed by atoms with E-state index in [2.05, 4.69) is 104 Å². The molecule has 0 bridgehead atoms. The highest BCUT2D eigenvalue weighted by Crippen LogP contribution is 2.43. The Morgan fingerprint density at radius 2 is 0.693 bits per heavy atom. The average Bonchev–Trinajstić information content (AvgIpc) is 3.64. The molecule has 0 aliphatic heterocycles. The number of aliphatic hydroxyl groups excluding tert-OH is 1. The summed E-state index contributed by atoms with van der Waals surface area (Å²) in [5.74, 6) is -0.188. The first kappa shape index (κ1) is 85.4. The van der Waals surface area contributed by atoms with Gasteiger partial charge in [-0.15, -0.1) is 0 Å². The molecule has 0 saturated carbocycles. The lowest BCUT2D eigenvalue weighted by atomic mass is 10.0. The van der Waals surface area contributed by atoms with E-state index in [1.54, 1.807) is 6.08 Å². The van der Waals surface area contributed by atoms with Crippen LogP contribution in [0.1, 0.15) is 348 Å². The van der Waals surface area contributed by atoms with E-state index in [0.29, 0.717) is 17.4 Å². The zero-order valence-corrected chi connectivity index (χ0v) is 59.6. The van der Waals surface area contributed by atoms with Crippen LogP contribution >= 0.6 is 7.82 Å². The van der Waals surface area contributed by atoms with Gasteiger partial charge in [-0.25, -0.2) is 4.57 Å². The predicted octanol–water partition coefficient (Wildman–Crippen LogP) is 24.4. The molecule has 0 spiro atoms. The number of aliphatic hydroxyl groups is 1. The molecule has 8 nitrogen and oxygen atoms in total. The second kappa shape index (κ2) is 68.8. The lowest BCUT2D eigenvalue weighted by Gasteiger charge is -2.25. The van der Waals surface area contributed by atoms with Gasteiger partial charge < -0.3 is 19.8 Å². The highest BCUT2D eigenvalue weighted by atomic mass is 31.2. The first-order valence-corrected chi connectivity index (χ1v) is 39.1. The number of nitrogens with zero attached hydrogens (tertiary/aromatic N) is 1. The molecule has 3 atom stereocenters. The van der Waals surface area contributed by atoms with Crippen LogP contribution in [0.3, 0.4) is 0 Å². The Labute approximate surface area is 547 Å². The molecular formula is C79H146N2O6P+. The molecule has 3 N–H and O–H groups in total. The molecule has 0 heterocycles. The van der Waals surface area contributed by atoms with E-state index in [4.69, 9.17) is 9.05 Å². The third kappa shape index (κ3) is 70.9. The van der Waals surface area contributed by atoms with Gasteiger partial charge in [-0.3, -0.25) is 13.8 Å². The third-order valence-corrected chi connectivity index (χ3v) is 17.7. The van der Waals surface area contributed by atoms with Crippen molar-refractivity contribution in [1.29, 1.82) is 0 Å². The molecule has 0 aliphatic carbocycles. The Hall–Kier alpha value is -2.58. The van der Waals surface area contributed by atoms with E-state index in [1.165, 1.54) is 250 Å². The molecule has 512 valence electrons. The first-order valence-electron chi connectivity index (χ1n) is 37.6. The summed E-state index contributed by atoms with van der Waals surface area (Å²) in [6.45, 7) is 4.71. The quantitative estimate of drug-likeness (QED) is 0.0243. The number of phosphoric acid groups is 1. The minimum Gasteiger partial charge on any atom is -0.387 e. The van der Waals surface area contributed by atoms with Crippen molar-refractivity contribution < 1.29 is 32.9 Å². The van der Waals surface area contributed by atoms with E-state index in [0.717, 1.165) is 77.0 Å². The van der Waals surface area contributed by atoms with Crippen LogP contribution in [0.25, 0.3) is 0 Å². The fraction of sp³-hybridized carbons (Fsp3) is 0.785. The van der Waals surface area contributed by atoms with Crippen LogP contribution in [0, 0.1) is 0 Å². The number of amides is 1. The van der Waals surface area contributed by atoms with E-state index in [1.807, 2.05) is 27.2 Å². The minimum atomic E-state index is -4.37. The van der Waals surface area contributed by atoms with E-state index >= 15 is 0 Å². The van der Waals surface area contributed by atoms with Crippen LogP contribution < -0.4 is 5.32 Å². The van der Waals surface area contributed by atoms with Gasteiger partial charge >= 0.3 is 7.82 Å². The lowest BCUT2D eigenvalue weighted by molar-refractivity contribution is -0.870. The topological polar surface area (TPSA) is 105 Å². The van der Waals surface area contributed by atoms with Crippen LogP contribution in [-0.4, -0.2) is 73.4 Å². The summed E-state index contributed by atoms with van der Waals surface area (Å²) in [4.78, 5) is 23.5. The smallest absolute Gasteiger partial charge is 0.387 e. The molecule has 9 heteroatoms. The van der Waals surface area contributed by atoms with Crippen molar-refractivity contribution in [1.82, 2.24) is 5.32 Å². The number of allylic oxidation sites excluding steroid dienone is 15. The van der Waals surface area contributed by atoms with Crippen molar-refractivity contribution in [2.75, 3.05) is 40.9 Å². The number of carbonyl (C=O) groups is 1. The molecule has 3 unspecified atom stereocenters. The zero-order chi connectivity index (χ0) is 64.1. The Morgan fingerprint density at radius 1 is 0.398 bits per heavy atom. The van der Waals surface area contributed by atoms with Gasteiger partial charge in [-0.1, -0.05) is 349 Å². The van der Waals surface area contributed by atoms with Gasteiger partial charge in [0, 0.05) is 6.42 Å². The van der Waals surface area contributed by atoms with Crippen molar-refractivity contribution in [2.45, 2.75) is 360 Å². The van der Waals surface area contributed by atoms with Gasteiger partial charge in [-0.2, -0.15) is 0 Å². The third-order valence-electron chi connectivity index (χ3n) is 16.8. The molecule has 0 aromatic rings. The Balaban J connectivity index is 4.07. The van der Waals surface area contributed by atoms with Gasteiger partial charge in [0.05, 0.1) is 39.9 Å². The zero-order valence-electron chi connectivity index (χ0n) is 58.7. The molecule has 88 heavy (non-hydrogen) atoms. The van der Waals surface area contributed by atoms with Crippen LogP contribution in [0.15, 0.2) is 97.2 Å². The maximum Gasteiger partial charge on any atom is 0.472 e. The summed E-state index contributed by atoms with van der Waals surface area (Å²) in [6, 6.07) is -0.876. The summed E-state index contributed by atoms with van der Waals surface area (Å²) in [5.41, 5.74) is 0. The van der Waals surface area contributed by atoms with Crippen LogP contribution in [0.5, 0.6) is 0 Å². The number of hydrogen-bond donors (Lipinski definition) is 3. The molecule has 0 fully saturated rings. The van der Waals surface area contributed by atoms with Crippen LogP contribution in [-0.2, 0) is 18.4 Å². The maximum absolute atomic E-state index is 13.1. The number of unbranched alkanes of at least 4 members (excludes halogenated alkanes) is 42. The largest absolute Gasteiger partial charge is 0.472 e. The number of likely N-dealkylation sites (N-methyl/N-ethyl adjacent to an activating group) is 1. The van der Waals surface area contributed by atoms with Crippen molar-refractivity contribution in [3.05, 3.63) is 97.2 Å². The fourth-order valence-corrected chi connectivity index (χ4v) is 11.7. The van der Waals surface area contributed by atoms with Gasteiger partial charge in [0.2, 0.25) is 5.91 Å². The van der Waals surface area contributed by atoms with Crippen molar-refractivity contribution in [3.63, 3.8) is 0 Å². The summed E-state index contributed by atoms with van der Waals surface area (Å²) >= 11 is 0. The molecule has 0 rings (SSSR count). The predicted molar refractivity (Wildman–Crippen MR) is 387 cm³/mol. The molecular weight excluding hydrogens is 1100 g/mol. The molecule has 0 aromatic heterocycles. The summed E-state index contributed by atoms with van der Waals surface area (Å²) in [5, 5.41) is 14.0. The number of rotatable bonds is 69. The average molecular weight is 1250 g/mol. The van der Waals surface area contributed by atoms with Crippen LogP contribution in [0.2, 0.25) is 0 Å². The normalized spacial score (nSPS) is 14.1. The van der Waals surface area contributed by atoms with Crippen molar-refractivity contribution >= 4 is 13.7 Å². The van der Waals surface area contributed by atoms with Gasteiger partial charge in [0.25, 0.3) is 0 Å². The molecule has 0 saturated heterocycles. The molecule has 1 amide bonds. The Kier molecular flexibility index (Phi) is 66.8. The standard InChI is InChI=1S/C79H145N2O6P/c1-6-8-10-12-14-16-18-20-22-24-26-28-30-32-34-36-38-39-40-41-43-45-47-49-51-53-55-57-59-61-63-65-67-69-71-73-79(83)80-77(76-87-88(84,85)86-75-74-81(3,4)5)78(82)72-70-68-66-64-62-60-58-56-54-52-50-48-46-44-42-37-35-33-31-29-27-25-23-21-19-17-15-13-11-9-7-2/h8,10,14,16,20,22,26,28,32,34,54,56,62,64,70,72,77-78,82H,6-7,9,11-13,15,17-19,21,23-25,27,29-31,33,35-53,55,57-61,63,65-69,71,73-76H2,1-5H3,(H-,80,83,84,85)/p+1/b10-8-,16-14-,22-20-,28-26-,34-32-,56-54+,64-62+,72-70+. The van der Waals surface area contributed by atoms with E-state index < -0.39 is 20.0 Å². The van der Waals surface area contributed by atoms with Gasteiger partial charge in [0.15, 0.2) is 0 Å². The molecule has 0 aliphatic rings. The fourth-order valence-electron chi connectivity index (χ4n) is 11.0. The Morgan fingerprint density at radius 3 is 1.05 bits per heavy atom. The number of nitrogens with one attached hydrogen (secondary N) is 1. The SMILES string of the molecule is CC/C=C\C/C=C\C/C=C\C/C=C\C/C=C\CCCCCCCCCCCCCCCCCCCCCC(=O)NC(COP(=O)(O)OCC[N+](C)(C)C)C(O)/C=C/CC/C=C/CC/C=C/CCCCCCCCCCCCCCCCCCCCCCC. The van der Waals surface area contributed by atoms with Gasteiger partial charge in [-0.05, 0) is 89.9 Å². The highest BCUT2D eigenvalue weighted by molar-refractivity contribution is 7.47. The second-order valence-corrected chi connectivity index (χ2v) is 28.1. The van der Waals surface area contributed by atoms with Crippen molar-refractivity contribution in [2.24, 2.45) is 0 Å². The van der Waals surface area contributed by atoms with E-state index in [-0.39, 0.29) is 19.1 Å².